The lowest BCUT2D eigenvalue weighted by Crippen LogP contribution is -2.47. The van der Waals surface area contributed by atoms with Crippen LogP contribution in [0.3, 0.4) is 0 Å². The molecule has 0 aliphatic carbocycles. The molecular weight excluding hydrogens is 429 g/mol. The van der Waals surface area contributed by atoms with Gasteiger partial charge in [0, 0.05) is 15.7 Å². The second-order valence-corrected chi connectivity index (χ2v) is 7.43. The highest BCUT2D eigenvalue weighted by atomic mass is 79.9. The van der Waals surface area contributed by atoms with E-state index >= 15 is 0 Å². The van der Waals surface area contributed by atoms with E-state index in [-0.39, 0.29) is 22.4 Å². The Morgan fingerprint density at radius 2 is 1.88 bits per heavy atom. The number of benzene rings is 1. The molecule has 0 fully saturated rings. The van der Waals surface area contributed by atoms with Crippen LogP contribution in [0.15, 0.2) is 41.0 Å². The number of nitrogens with zero attached hydrogens (tertiary/aromatic N) is 1. The number of aromatic nitrogens is 1. The fourth-order valence-electron chi connectivity index (χ4n) is 2.08. The molecule has 2 amide bonds. The van der Waals surface area contributed by atoms with Crippen molar-refractivity contribution < 1.29 is 9.59 Å². The molecular formula is C17H16BrCl2N3O2. The average molecular weight is 445 g/mol. The molecule has 132 valence electrons. The number of pyridine rings is 1. The van der Waals surface area contributed by atoms with Crippen LogP contribution in [0.4, 0.5) is 5.82 Å². The highest BCUT2D eigenvalue weighted by Crippen LogP contribution is 2.21. The molecule has 0 bridgehead atoms. The van der Waals surface area contributed by atoms with E-state index in [2.05, 4.69) is 31.5 Å². The second-order valence-electron chi connectivity index (χ2n) is 5.67. The summed E-state index contributed by atoms with van der Waals surface area (Å²) in [6, 6.07) is 7.25. The van der Waals surface area contributed by atoms with Gasteiger partial charge in [-0.25, -0.2) is 4.98 Å². The van der Waals surface area contributed by atoms with Gasteiger partial charge < -0.3 is 10.6 Å². The summed E-state index contributed by atoms with van der Waals surface area (Å²) in [6.45, 7) is 3.67. The van der Waals surface area contributed by atoms with Gasteiger partial charge in [0.05, 0.1) is 10.6 Å². The van der Waals surface area contributed by atoms with E-state index in [0.29, 0.717) is 10.8 Å². The molecule has 2 N–H and O–H groups in total. The van der Waals surface area contributed by atoms with E-state index in [1.807, 2.05) is 13.8 Å². The van der Waals surface area contributed by atoms with Crippen LogP contribution in [0.25, 0.3) is 0 Å². The van der Waals surface area contributed by atoms with Crippen molar-refractivity contribution in [1.29, 1.82) is 0 Å². The van der Waals surface area contributed by atoms with Crippen LogP contribution in [0.2, 0.25) is 10.0 Å². The van der Waals surface area contributed by atoms with Gasteiger partial charge in [-0.15, -0.1) is 0 Å². The van der Waals surface area contributed by atoms with Crippen molar-refractivity contribution in [2.75, 3.05) is 5.32 Å². The van der Waals surface area contributed by atoms with Gasteiger partial charge >= 0.3 is 0 Å². The summed E-state index contributed by atoms with van der Waals surface area (Å²) in [6.07, 6.45) is 1.58. The largest absolute Gasteiger partial charge is 0.340 e. The minimum atomic E-state index is -0.746. The first kappa shape index (κ1) is 19.7. The quantitative estimate of drug-likeness (QED) is 0.710. The van der Waals surface area contributed by atoms with E-state index in [1.165, 1.54) is 12.1 Å². The molecule has 1 heterocycles. The Kier molecular flexibility index (Phi) is 6.81. The molecule has 25 heavy (non-hydrogen) atoms. The zero-order valence-electron chi connectivity index (χ0n) is 13.5. The van der Waals surface area contributed by atoms with E-state index < -0.39 is 11.9 Å². The van der Waals surface area contributed by atoms with E-state index in [4.69, 9.17) is 23.2 Å². The smallest absolute Gasteiger partial charge is 0.253 e. The lowest BCUT2D eigenvalue weighted by molar-refractivity contribution is -0.118. The molecule has 1 aromatic heterocycles. The highest BCUT2D eigenvalue weighted by Gasteiger charge is 2.25. The third kappa shape index (κ3) is 5.42. The Balaban J connectivity index is 2.13. The Bertz CT molecular complexity index is 782. The normalized spacial score (nSPS) is 11.9. The Morgan fingerprint density at radius 3 is 2.44 bits per heavy atom. The molecule has 5 nitrogen and oxygen atoms in total. The molecule has 0 radical (unpaired) electrons. The zero-order valence-corrected chi connectivity index (χ0v) is 16.6. The van der Waals surface area contributed by atoms with Gasteiger partial charge in [-0.1, -0.05) is 37.0 Å². The highest BCUT2D eigenvalue weighted by molar-refractivity contribution is 9.10. The second kappa shape index (κ2) is 8.65. The van der Waals surface area contributed by atoms with Crippen molar-refractivity contribution in [2.24, 2.45) is 5.92 Å². The maximum absolute atomic E-state index is 12.5. The third-order valence-electron chi connectivity index (χ3n) is 3.39. The van der Waals surface area contributed by atoms with Crippen LogP contribution in [-0.2, 0) is 4.79 Å². The van der Waals surface area contributed by atoms with Crippen molar-refractivity contribution in [2.45, 2.75) is 19.9 Å². The summed E-state index contributed by atoms with van der Waals surface area (Å²) in [5.41, 5.74) is 0.256. The molecule has 0 spiro atoms. The Hall–Kier alpha value is -1.63. The number of nitrogens with one attached hydrogen (secondary N) is 2. The SMILES string of the molecule is CC(C)C(NC(=O)c1ccc(Cl)cc1Cl)C(=O)Nc1ccc(Br)cn1. The number of rotatable bonds is 5. The molecule has 0 saturated heterocycles. The maximum atomic E-state index is 12.5. The van der Waals surface area contributed by atoms with Crippen molar-refractivity contribution in [3.8, 4) is 0 Å². The van der Waals surface area contributed by atoms with Crippen LogP contribution in [-0.4, -0.2) is 22.8 Å². The summed E-state index contributed by atoms with van der Waals surface area (Å²) in [7, 11) is 0. The van der Waals surface area contributed by atoms with Crippen molar-refractivity contribution in [1.82, 2.24) is 10.3 Å². The fraction of sp³-hybridized carbons (Fsp3) is 0.235. The first-order valence-electron chi connectivity index (χ1n) is 7.46. The summed E-state index contributed by atoms with van der Waals surface area (Å²) >= 11 is 15.2. The average Bonchev–Trinajstić information content (AvgIpc) is 2.54. The number of halogens is 3. The molecule has 1 aromatic carbocycles. The van der Waals surface area contributed by atoms with Crippen LogP contribution < -0.4 is 10.6 Å². The Labute approximate surface area is 164 Å². The standard InChI is InChI=1S/C17H16BrCl2N3O2/c1-9(2)15(17(25)22-14-6-3-10(18)8-21-14)23-16(24)12-5-4-11(19)7-13(12)20/h3-9,15H,1-2H3,(H,23,24)(H,21,22,25). The predicted molar refractivity (Wildman–Crippen MR) is 103 cm³/mol. The summed E-state index contributed by atoms with van der Waals surface area (Å²) in [5, 5.41) is 6.06. The molecule has 1 unspecified atom stereocenters. The zero-order chi connectivity index (χ0) is 18.6. The number of carbonyl (C=O) groups is 2. The van der Waals surface area contributed by atoms with Gasteiger partial charge in [0.1, 0.15) is 11.9 Å². The fourth-order valence-corrected chi connectivity index (χ4v) is 2.81. The summed E-state index contributed by atoms with van der Waals surface area (Å²) in [5.74, 6) is -0.536. The van der Waals surface area contributed by atoms with E-state index in [0.717, 1.165) is 4.47 Å². The molecule has 0 aliphatic rings. The maximum Gasteiger partial charge on any atom is 0.253 e. The molecule has 0 aliphatic heterocycles. The van der Waals surface area contributed by atoms with E-state index in [1.54, 1.807) is 24.4 Å². The minimum absolute atomic E-state index is 0.134. The predicted octanol–water partition coefficient (Wildman–Crippen LogP) is 4.54. The van der Waals surface area contributed by atoms with Gasteiger partial charge in [-0.3, -0.25) is 9.59 Å². The van der Waals surface area contributed by atoms with E-state index in [9.17, 15) is 9.59 Å². The number of anilines is 1. The van der Waals surface area contributed by atoms with Gasteiger partial charge in [0.2, 0.25) is 5.91 Å². The first-order valence-corrected chi connectivity index (χ1v) is 9.01. The lowest BCUT2D eigenvalue weighted by atomic mass is 10.0. The number of hydrogen-bond acceptors (Lipinski definition) is 3. The number of carbonyl (C=O) groups excluding carboxylic acids is 2. The number of amides is 2. The first-order chi connectivity index (χ1) is 11.8. The molecule has 2 rings (SSSR count). The summed E-state index contributed by atoms with van der Waals surface area (Å²) in [4.78, 5) is 29.1. The molecule has 8 heteroatoms. The van der Waals surface area contributed by atoms with Crippen molar-refractivity contribution >= 4 is 56.8 Å². The Morgan fingerprint density at radius 1 is 1.16 bits per heavy atom. The van der Waals surface area contributed by atoms with Crippen LogP contribution >= 0.6 is 39.1 Å². The van der Waals surface area contributed by atoms with Gasteiger partial charge in [-0.05, 0) is 52.2 Å². The number of hydrogen-bond donors (Lipinski definition) is 2. The monoisotopic (exact) mass is 443 g/mol. The van der Waals surface area contributed by atoms with Crippen LogP contribution in [0.5, 0.6) is 0 Å². The molecule has 1 atom stereocenters. The topological polar surface area (TPSA) is 71.1 Å². The van der Waals surface area contributed by atoms with Crippen molar-refractivity contribution in [3.05, 3.63) is 56.6 Å². The van der Waals surface area contributed by atoms with Crippen LogP contribution in [0.1, 0.15) is 24.2 Å². The molecule has 0 saturated carbocycles. The minimum Gasteiger partial charge on any atom is -0.340 e. The lowest BCUT2D eigenvalue weighted by Gasteiger charge is -2.21. The van der Waals surface area contributed by atoms with Crippen LogP contribution in [0, 0.1) is 5.92 Å². The molecule has 2 aromatic rings. The summed E-state index contributed by atoms with van der Waals surface area (Å²) < 4.78 is 0.802. The third-order valence-corrected chi connectivity index (χ3v) is 4.41. The van der Waals surface area contributed by atoms with Gasteiger partial charge in [0.15, 0.2) is 0 Å². The van der Waals surface area contributed by atoms with Gasteiger partial charge in [-0.2, -0.15) is 0 Å². The van der Waals surface area contributed by atoms with Gasteiger partial charge in [0.25, 0.3) is 5.91 Å². The van der Waals surface area contributed by atoms with Crippen molar-refractivity contribution in [3.63, 3.8) is 0 Å².